The van der Waals surface area contributed by atoms with E-state index in [4.69, 9.17) is 9.47 Å². The number of benzene rings is 1. The maximum Gasteiger partial charge on any atom is 0.318 e. The molecule has 154 valence electrons. The first kappa shape index (κ1) is 20.3. The average Bonchev–Trinajstić information content (AvgIpc) is 3.48. The lowest BCUT2D eigenvalue weighted by atomic mass is 9.91. The topological polar surface area (TPSA) is 79.9 Å². The molecule has 7 heteroatoms. The molecule has 1 aliphatic heterocycles. The van der Waals surface area contributed by atoms with E-state index in [9.17, 15) is 9.59 Å². The van der Waals surface area contributed by atoms with Crippen LogP contribution >= 0.6 is 0 Å². The molecule has 1 fully saturated rings. The molecule has 28 heavy (non-hydrogen) atoms. The summed E-state index contributed by atoms with van der Waals surface area (Å²) >= 11 is 0. The third-order valence-corrected chi connectivity index (χ3v) is 5.16. The molecule has 0 unspecified atom stereocenters. The van der Waals surface area contributed by atoms with Crippen LogP contribution in [0.1, 0.15) is 50.8 Å². The highest BCUT2D eigenvalue weighted by Crippen LogP contribution is 2.38. The van der Waals surface area contributed by atoms with Crippen LogP contribution in [0.2, 0.25) is 0 Å². The zero-order valence-corrected chi connectivity index (χ0v) is 17.4. The number of urea groups is 1. The molecule has 0 radical (unpaired) electrons. The minimum atomic E-state index is -0.337. The van der Waals surface area contributed by atoms with E-state index in [0.29, 0.717) is 24.6 Å². The minimum Gasteiger partial charge on any atom is -0.493 e. The molecule has 1 aromatic carbocycles. The Hall–Kier alpha value is -2.44. The maximum atomic E-state index is 12.9. The first-order valence-electron chi connectivity index (χ1n) is 9.84. The van der Waals surface area contributed by atoms with Crippen LogP contribution in [-0.4, -0.2) is 49.7 Å². The molecular formula is C21H31N3O4. The predicted octanol–water partition coefficient (Wildman–Crippen LogP) is 2.64. The van der Waals surface area contributed by atoms with Gasteiger partial charge >= 0.3 is 6.03 Å². The third-order valence-electron chi connectivity index (χ3n) is 5.16. The lowest BCUT2D eigenvalue weighted by molar-refractivity contribution is -0.122. The fraction of sp³-hybridized carbons (Fsp3) is 0.619. The summed E-state index contributed by atoms with van der Waals surface area (Å²) in [4.78, 5) is 27.0. The van der Waals surface area contributed by atoms with Gasteiger partial charge in [-0.25, -0.2) is 4.79 Å². The summed E-state index contributed by atoms with van der Waals surface area (Å²) in [5.74, 6) is 1.50. The molecule has 1 aromatic rings. The molecule has 1 saturated carbocycles. The van der Waals surface area contributed by atoms with E-state index in [1.54, 1.807) is 14.2 Å². The Labute approximate surface area is 166 Å². The van der Waals surface area contributed by atoms with Crippen molar-refractivity contribution in [3.05, 3.63) is 23.3 Å². The van der Waals surface area contributed by atoms with Gasteiger partial charge in [0.05, 0.1) is 20.3 Å². The number of nitrogens with zero attached hydrogens (tertiary/aromatic N) is 1. The average molecular weight is 389 g/mol. The summed E-state index contributed by atoms with van der Waals surface area (Å²) in [6, 6.07) is 3.52. The second-order valence-corrected chi connectivity index (χ2v) is 8.56. The molecule has 1 heterocycles. The lowest BCUT2D eigenvalue weighted by Crippen LogP contribution is -2.53. The van der Waals surface area contributed by atoms with E-state index in [1.807, 2.05) is 37.8 Å². The highest BCUT2D eigenvalue weighted by atomic mass is 16.5. The smallest absolute Gasteiger partial charge is 0.318 e. The van der Waals surface area contributed by atoms with E-state index in [2.05, 4.69) is 10.6 Å². The second-order valence-electron chi connectivity index (χ2n) is 8.56. The molecule has 2 aliphatic rings. The summed E-state index contributed by atoms with van der Waals surface area (Å²) < 4.78 is 10.9. The Balaban J connectivity index is 1.90. The van der Waals surface area contributed by atoms with Gasteiger partial charge in [0.1, 0.15) is 0 Å². The van der Waals surface area contributed by atoms with Crippen LogP contribution in [-0.2, 0) is 11.2 Å². The highest BCUT2D eigenvalue weighted by Gasteiger charge is 2.35. The Morgan fingerprint density at radius 3 is 2.36 bits per heavy atom. The van der Waals surface area contributed by atoms with Crippen molar-refractivity contribution in [1.82, 2.24) is 15.5 Å². The molecule has 2 N–H and O–H groups in total. The van der Waals surface area contributed by atoms with Crippen molar-refractivity contribution in [3.8, 4) is 11.5 Å². The van der Waals surface area contributed by atoms with Crippen molar-refractivity contribution in [2.24, 2.45) is 5.92 Å². The first-order chi connectivity index (χ1) is 13.2. The Morgan fingerprint density at radius 1 is 1.14 bits per heavy atom. The third kappa shape index (κ3) is 4.51. The van der Waals surface area contributed by atoms with Crippen LogP contribution in [0.5, 0.6) is 11.5 Å². The van der Waals surface area contributed by atoms with Gasteiger partial charge in [-0.3, -0.25) is 4.79 Å². The van der Waals surface area contributed by atoms with Crippen LogP contribution in [0.15, 0.2) is 12.1 Å². The summed E-state index contributed by atoms with van der Waals surface area (Å²) in [7, 11) is 3.21. The van der Waals surface area contributed by atoms with Gasteiger partial charge in [0.15, 0.2) is 11.5 Å². The summed E-state index contributed by atoms with van der Waals surface area (Å²) in [6.07, 6.45) is 2.62. The van der Waals surface area contributed by atoms with Gasteiger partial charge in [-0.15, -0.1) is 0 Å². The molecule has 7 nitrogen and oxygen atoms in total. The van der Waals surface area contributed by atoms with Crippen LogP contribution in [0.3, 0.4) is 0 Å². The van der Waals surface area contributed by atoms with Gasteiger partial charge < -0.3 is 25.0 Å². The van der Waals surface area contributed by atoms with E-state index < -0.39 is 0 Å². The molecule has 3 rings (SSSR count). The summed E-state index contributed by atoms with van der Waals surface area (Å²) in [6.45, 7) is 6.84. The lowest BCUT2D eigenvalue weighted by Gasteiger charge is -2.39. The van der Waals surface area contributed by atoms with E-state index in [1.165, 1.54) is 0 Å². The summed E-state index contributed by atoms with van der Waals surface area (Å²) in [5.41, 5.74) is 1.77. The van der Waals surface area contributed by atoms with Crippen molar-refractivity contribution < 1.29 is 19.1 Å². The molecule has 0 aromatic heterocycles. The maximum absolute atomic E-state index is 12.9. The number of hydrogen-bond donors (Lipinski definition) is 2. The van der Waals surface area contributed by atoms with Gasteiger partial charge in [0.2, 0.25) is 5.91 Å². The molecule has 1 atom stereocenters. The van der Waals surface area contributed by atoms with E-state index in [0.717, 1.165) is 30.4 Å². The van der Waals surface area contributed by atoms with Crippen molar-refractivity contribution in [1.29, 1.82) is 0 Å². The standard InChI is InChI=1S/C21H31N3O4/c1-21(2,3)23-20(26)24-9-8-14-10-17(27-4)18(28-5)11-15(14)16(24)12-22-19(25)13-6-7-13/h10-11,13,16H,6-9,12H2,1-5H3,(H,22,25)(H,23,26)/t16-/m1/s1. The van der Waals surface area contributed by atoms with Gasteiger partial charge in [-0.1, -0.05) is 0 Å². The Morgan fingerprint density at radius 2 is 1.79 bits per heavy atom. The van der Waals surface area contributed by atoms with Crippen molar-refractivity contribution in [2.75, 3.05) is 27.3 Å². The quantitative estimate of drug-likeness (QED) is 0.811. The number of hydrogen-bond acceptors (Lipinski definition) is 4. The zero-order chi connectivity index (χ0) is 20.5. The molecule has 3 amide bonds. The van der Waals surface area contributed by atoms with Crippen LogP contribution < -0.4 is 20.1 Å². The monoisotopic (exact) mass is 389 g/mol. The van der Waals surface area contributed by atoms with Crippen LogP contribution in [0.4, 0.5) is 4.79 Å². The fourth-order valence-corrected chi connectivity index (χ4v) is 3.57. The number of rotatable bonds is 5. The van der Waals surface area contributed by atoms with Gasteiger partial charge in [0.25, 0.3) is 0 Å². The van der Waals surface area contributed by atoms with Crippen LogP contribution in [0, 0.1) is 5.92 Å². The molecule has 0 bridgehead atoms. The van der Waals surface area contributed by atoms with Crippen molar-refractivity contribution >= 4 is 11.9 Å². The molecular weight excluding hydrogens is 358 g/mol. The van der Waals surface area contributed by atoms with Crippen molar-refractivity contribution in [3.63, 3.8) is 0 Å². The second kappa shape index (κ2) is 7.89. The largest absolute Gasteiger partial charge is 0.493 e. The summed E-state index contributed by atoms with van der Waals surface area (Å²) in [5, 5.41) is 6.08. The van der Waals surface area contributed by atoms with Crippen molar-refractivity contribution in [2.45, 2.75) is 51.6 Å². The van der Waals surface area contributed by atoms with Gasteiger partial charge in [0, 0.05) is 24.5 Å². The molecule has 0 saturated heterocycles. The SMILES string of the molecule is COc1cc2c(cc1OC)[C@@H](CNC(=O)C1CC1)N(C(=O)NC(C)(C)C)CC2. The van der Waals surface area contributed by atoms with Gasteiger partial charge in [-0.05, 0) is 63.3 Å². The molecule has 0 spiro atoms. The predicted molar refractivity (Wildman–Crippen MR) is 107 cm³/mol. The highest BCUT2D eigenvalue weighted by molar-refractivity contribution is 5.81. The number of nitrogens with one attached hydrogen (secondary N) is 2. The number of carbonyl (C=O) groups excluding carboxylic acids is 2. The first-order valence-corrected chi connectivity index (χ1v) is 9.84. The van der Waals surface area contributed by atoms with Gasteiger partial charge in [-0.2, -0.15) is 0 Å². The number of amides is 3. The zero-order valence-electron chi connectivity index (χ0n) is 17.4. The molecule has 1 aliphatic carbocycles. The number of methoxy groups -OCH3 is 2. The fourth-order valence-electron chi connectivity index (χ4n) is 3.57. The number of carbonyl (C=O) groups is 2. The normalized spacial score (nSPS) is 18.9. The number of fused-ring (bicyclic) bond motifs is 1. The van der Waals surface area contributed by atoms with Crippen LogP contribution in [0.25, 0.3) is 0 Å². The van der Waals surface area contributed by atoms with E-state index in [-0.39, 0.29) is 29.4 Å². The number of ether oxygens (including phenoxy) is 2. The minimum absolute atomic E-state index is 0.0729. The van der Waals surface area contributed by atoms with E-state index >= 15 is 0 Å². The Bertz CT molecular complexity index is 753. The Kier molecular flexibility index (Phi) is 5.72.